The van der Waals surface area contributed by atoms with Crippen LogP contribution in [-0.4, -0.2) is 11.1 Å². The van der Waals surface area contributed by atoms with Crippen molar-refractivity contribution in [1.29, 1.82) is 5.26 Å². The van der Waals surface area contributed by atoms with E-state index in [4.69, 9.17) is 0 Å². The Morgan fingerprint density at radius 2 is 1.60 bits per heavy atom. The van der Waals surface area contributed by atoms with Crippen molar-refractivity contribution in [2.45, 2.75) is 32.1 Å². The first kappa shape index (κ1) is 9.21. The van der Waals surface area contributed by atoms with Gasteiger partial charge in [-0.05, 0) is 55.8 Å². The second-order valence-electron chi connectivity index (χ2n) is 5.59. The molecule has 0 heterocycles. The van der Waals surface area contributed by atoms with Crippen LogP contribution >= 0.6 is 0 Å². The van der Waals surface area contributed by atoms with Gasteiger partial charge < -0.3 is 5.11 Å². The zero-order valence-electron chi connectivity index (χ0n) is 8.65. The Hall–Kier alpha value is -1.04. The molecule has 0 spiro atoms. The summed E-state index contributed by atoms with van der Waals surface area (Å²) in [5.41, 5.74) is -1.03. The molecule has 4 saturated carbocycles. The normalized spacial score (nSPS) is 51.4. The van der Waals surface area contributed by atoms with Gasteiger partial charge in [0.25, 0.3) is 0 Å². The summed E-state index contributed by atoms with van der Waals surface area (Å²) in [5, 5.41) is 18.7. The van der Waals surface area contributed by atoms with Crippen molar-refractivity contribution < 1.29 is 9.90 Å². The highest BCUT2D eigenvalue weighted by Gasteiger charge is 2.61. The molecule has 0 radical (unpaired) electrons. The van der Waals surface area contributed by atoms with Gasteiger partial charge in [-0.2, -0.15) is 5.26 Å². The Bertz CT molecular complexity index is 327. The monoisotopic (exact) mass is 205 g/mol. The molecule has 4 aliphatic rings. The van der Waals surface area contributed by atoms with E-state index in [0.29, 0.717) is 11.8 Å². The molecule has 4 fully saturated rings. The molecule has 0 aromatic rings. The van der Waals surface area contributed by atoms with Crippen LogP contribution < -0.4 is 0 Å². The van der Waals surface area contributed by atoms with E-state index in [1.165, 1.54) is 6.42 Å². The molecule has 80 valence electrons. The van der Waals surface area contributed by atoms with E-state index in [9.17, 15) is 15.2 Å². The van der Waals surface area contributed by atoms with Crippen molar-refractivity contribution in [3.8, 4) is 6.07 Å². The molecule has 1 N–H and O–H groups in total. The zero-order chi connectivity index (χ0) is 10.6. The minimum Gasteiger partial charge on any atom is -0.480 e. The van der Waals surface area contributed by atoms with Crippen LogP contribution in [0.3, 0.4) is 0 Å². The highest BCUT2D eigenvalue weighted by Crippen LogP contribution is 2.62. The summed E-state index contributed by atoms with van der Waals surface area (Å²) in [7, 11) is 0. The van der Waals surface area contributed by atoms with Gasteiger partial charge in [0.1, 0.15) is 0 Å². The van der Waals surface area contributed by atoms with Gasteiger partial charge >= 0.3 is 5.97 Å². The van der Waals surface area contributed by atoms with E-state index in [2.05, 4.69) is 6.07 Å². The van der Waals surface area contributed by atoms with Crippen molar-refractivity contribution in [1.82, 2.24) is 0 Å². The Kier molecular flexibility index (Phi) is 1.69. The van der Waals surface area contributed by atoms with E-state index in [1.54, 1.807) is 0 Å². The average molecular weight is 205 g/mol. The Morgan fingerprint density at radius 3 is 1.93 bits per heavy atom. The molecule has 3 heteroatoms. The highest BCUT2D eigenvalue weighted by molar-refractivity contribution is 5.79. The van der Waals surface area contributed by atoms with Gasteiger partial charge in [-0.3, -0.25) is 4.79 Å². The zero-order valence-corrected chi connectivity index (χ0v) is 8.65. The molecule has 4 rings (SSSR count). The van der Waals surface area contributed by atoms with Gasteiger partial charge in [0.15, 0.2) is 5.41 Å². The van der Waals surface area contributed by atoms with Crippen LogP contribution in [0.1, 0.15) is 32.1 Å². The van der Waals surface area contributed by atoms with Crippen LogP contribution in [0.2, 0.25) is 0 Å². The molecule has 0 saturated heterocycles. The first-order valence-electron chi connectivity index (χ1n) is 5.81. The van der Waals surface area contributed by atoms with Crippen LogP contribution in [0.5, 0.6) is 0 Å². The maximum atomic E-state index is 11.4. The molecule has 3 nitrogen and oxygen atoms in total. The Labute approximate surface area is 89.1 Å². The van der Waals surface area contributed by atoms with Gasteiger partial charge in [-0.15, -0.1) is 0 Å². The summed E-state index contributed by atoms with van der Waals surface area (Å²) in [6.07, 6.45) is 5.20. The van der Waals surface area contributed by atoms with Crippen LogP contribution in [0.15, 0.2) is 0 Å². The first-order valence-corrected chi connectivity index (χ1v) is 5.81. The molecule has 0 aliphatic heterocycles. The predicted molar refractivity (Wildman–Crippen MR) is 52.7 cm³/mol. The number of carboxylic acid groups (broad SMARTS) is 1. The van der Waals surface area contributed by atoms with Crippen LogP contribution in [0.4, 0.5) is 0 Å². The molecule has 0 aromatic heterocycles. The third-order valence-electron chi connectivity index (χ3n) is 4.96. The van der Waals surface area contributed by atoms with Crippen molar-refractivity contribution in [3.05, 3.63) is 0 Å². The Morgan fingerprint density at radius 1 is 1.13 bits per heavy atom. The van der Waals surface area contributed by atoms with E-state index in [1.807, 2.05) is 0 Å². The summed E-state index contributed by atoms with van der Waals surface area (Å²) in [5.74, 6) is 0.841. The van der Waals surface area contributed by atoms with Crippen molar-refractivity contribution in [2.24, 2.45) is 29.1 Å². The van der Waals surface area contributed by atoms with Crippen LogP contribution in [0.25, 0.3) is 0 Å². The summed E-state index contributed by atoms with van der Waals surface area (Å²) >= 11 is 0. The number of hydrogen-bond donors (Lipinski definition) is 1. The molecule has 0 aromatic carbocycles. The number of rotatable bonds is 1. The maximum absolute atomic E-state index is 11.4. The highest BCUT2D eigenvalue weighted by atomic mass is 16.4. The van der Waals surface area contributed by atoms with Crippen molar-refractivity contribution in [3.63, 3.8) is 0 Å². The van der Waals surface area contributed by atoms with Gasteiger partial charge in [-0.1, -0.05) is 0 Å². The van der Waals surface area contributed by atoms with E-state index in [0.717, 1.165) is 25.7 Å². The lowest BCUT2D eigenvalue weighted by Crippen LogP contribution is -2.56. The predicted octanol–water partition coefficient (Wildman–Crippen LogP) is 2.04. The van der Waals surface area contributed by atoms with Gasteiger partial charge in [0.2, 0.25) is 0 Å². The fraction of sp³-hybridized carbons (Fsp3) is 0.833. The fourth-order valence-corrected chi connectivity index (χ4v) is 4.51. The molecule has 15 heavy (non-hydrogen) atoms. The smallest absolute Gasteiger partial charge is 0.324 e. The second kappa shape index (κ2) is 2.75. The largest absolute Gasteiger partial charge is 0.480 e. The molecule has 0 unspecified atom stereocenters. The number of nitrogens with zero attached hydrogens (tertiary/aromatic N) is 1. The second-order valence-corrected chi connectivity index (χ2v) is 5.59. The number of nitriles is 1. The topological polar surface area (TPSA) is 61.1 Å². The minimum atomic E-state index is -1.03. The molecular formula is C12H15NO2. The van der Waals surface area contributed by atoms with Crippen LogP contribution in [-0.2, 0) is 4.79 Å². The van der Waals surface area contributed by atoms with Gasteiger partial charge in [0, 0.05) is 0 Å². The van der Waals surface area contributed by atoms with E-state index >= 15 is 0 Å². The fourth-order valence-electron chi connectivity index (χ4n) is 4.51. The van der Waals surface area contributed by atoms with Crippen molar-refractivity contribution >= 4 is 5.97 Å². The molecule has 0 atom stereocenters. The standard InChI is InChI=1S/C12H15NO2/c13-6-12(11(14)15)9-2-7-1-8(4-9)5-10(12)3-7/h7-10H,1-5H2,(H,14,15). The number of carbonyl (C=O) groups is 1. The Balaban J connectivity index is 2.04. The summed E-state index contributed by atoms with van der Waals surface area (Å²) in [4.78, 5) is 11.4. The van der Waals surface area contributed by atoms with Crippen molar-refractivity contribution in [2.75, 3.05) is 0 Å². The minimum absolute atomic E-state index is 0.135. The lowest BCUT2D eigenvalue weighted by Gasteiger charge is -2.56. The number of aliphatic carboxylic acids is 1. The van der Waals surface area contributed by atoms with Gasteiger partial charge in [-0.25, -0.2) is 0 Å². The molecule has 0 amide bonds. The summed E-state index contributed by atoms with van der Waals surface area (Å²) in [6.45, 7) is 0. The SMILES string of the molecule is N#CC1(C(=O)O)C2CC3CC(C2)CC1C3. The summed E-state index contributed by atoms with van der Waals surface area (Å²) < 4.78 is 0. The molecule has 4 aliphatic carbocycles. The van der Waals surface area contributed by atoms with Crippen LogP contribution in [0, 0.1) is 40.4 Å². The number of hydrogen-bond acceptors (Lipinski definition) is 2. The number of carboxylic acids is 1. The molecular weight excluding hydrogens is 190 g/mol. The first-order chi connectivity index (χ1) is 7.16. The average Bonchev–Trinajstić information content (AvgIpc) is 2.16. The third kappa shape index (κ3) is 0.975. The lowest BCUT2D eigenvalue weighted by molar-refractivity contribution is -0.166. The molecule has 4 bridgehead atoms. The lowest BCUT2D eigenvalue weighted by atomic mass is 9.46. The van der Waals surface area contributed by atoms with E-state index < -0.39 is 11.4 Å². The maximum Gasteiger partial charge on any atom is 0.324 e. The van der Waals surface area contributed by atoms with E-state index in [-0.39, 0.29) is 11.8 Å². The van der Waals surface area contributed by atoms with Gasteiger partial charge in [0.05, 0.1) is 6.07 Å². The summed E-state index contributed by atoms with van der Waals surface area (Å²) in [6, 6.07) is 2.16. The quantitative estimate of drug-likeness (QED) is 0.712. The third-order valence-corrected chi connectivity index (χ3v) is 4.96.